The second-order valence-electron chi connectivity index (χ2n) is 6.06. The molecule has 0 aliphatic carbocycles. The van der Waals surface area contributed by atoms with Crippen LogP contribution >= 0.6 is 15.9 Å². The summed E-state index contributed by atoms with van der Waals surface area (Å²) in [4.78, 5) is 9.19. The maximum atomic E-state index is 7.85. The van der Waals surface area contributed by atoms with Crippen LogP contribution in [0.1, 0.15) is 42.0 Å². The average molecular weight is 335 g/mol. The summed E-state index contributed by atoms with van der Waals surface area (Å²) < 4.78 is 25.9. The third-order valence-corrected chi connectivity index (χ3v) is 4.25. The molecule has 3 aromatic rings. The normalized spacial score (nSPS) is 15.3. The predicted octanol–water partition coefficient (Wildman–Crippen LogP) is 4.56. The van der Waals surface area contributed by atoms with Crippen LogP contribution in [0.15, 0.2) is 22.8 Å². The van der Waals surface area contributed by atoms with Gasteiger partial charge in [0.05, 0.1) is 11.2 Å². The van der Waals surface area contributed by atoms with Gasteiger partial charge in [0, 0.05) is 26.3 Å². The summed E-state index contributed by atoms with van der Waals surface area (Å²) in [6.45, 7) is 5.86. The molecule has 0 aromatic carbocycles. The summed E-state index contributed by atoms with van der Waals surface area (Å²) in [6.07, 6.45) is 0. The number of nitrogens with zero attached hydrogens (tertiary/aromatic N) is 3. The predicted molar refractivity (Wildman–Crippen MR) is 86.4 cm³/mol. The van der Waals surface area contributed by atoms with E-state index in [2.05, 4.69) is 41.7 Å². The van der Waals surface area contributed by atoms with Gasteiger partial charge in [0.15, 0.2) is 0 Å². The number of aryl methyl sites for hydroxylation is 2. The summed E-state index contributed by atoms with van der Waals surface area (Å²) in [5.74, 6) is 0. The number of pyridine rings is 2. The number of fused-ring (bicyclic) bond motifs is 3. The molecule has 3 aromatic heterocycles. The Morgan fingerprint density at radius 3 is 2.65 bits per heavy atom. The van der Waals surface area contributed by atoms with Gasteiger partial charge >= 0.3 is 0 Å². The fourth-order valence-corrected chi connectivity index (χ4v) is 2.68. The Hall–Kier alpha value is -1.42. The first-order valence-corrected chi connectivity index (χ1v) is 7.29. The summed E-state index contributed by atoms with van der Waals surface area (Å²) in [5, 5.41) is 0.847. The van der Waals surface area contributed by atoms with Crippen LogP contribution in [-0.2, 0) is 5.41 Å². The highest BCUT2D eigenvalue weighted by Crippen LogP contribution is 2.28. The van der Waals surface area contributed by atoms with E-state index >= 15 is 0 Å². The van der Waals surface area contributed by atoms with Crippen molar-refractivity contribution in [3.8, 4) is 0 Å². The lowest BCUT2D eigenvalue weighted by Gasteiger charge is -2.18. The number of hydrogen-bond donors (Lipinski definition) is 0. The SMILES string of the molecule is [2H]C([2H])([2H])c1cc2nc(C(C)(C)C)ccc2c2nc(Br)c(C)n12. The lowest BCUT2D eigenvalue weighted by molar-refractivity contribution is 0.571. The molecule has 0 radical (unpaired) electrons. The van der Waals surface area contributed by atoms with Crippen LogP contribution in [0, 0.1) is 13.8 Å². The van der Waals surface area contributed by atoms with Gasteiger partial charge in [0.2, 0.25) is 0 Å². The first kappa shape index (κ1) is 10.3. The van der Waals surface area contributed by atoms with E-state index in [0.29, 0.717) is 15.8 Å². The summed E-state index contributed by atoms with van der Waals surface area (Å²) in [7, 11) is 0. The molecular weight excluding hydrogens is 314 g/mol. The van der Waals surface area contributed by atoms with Crippen LogP contribution in [0.25, 0.3) is 16.6 Å². The zero-order chi connectivity index (χ0) is 17.2. The number of imidazole rings is 1. The van der Waals surface area contributed by atoms with Crippen molar-refractivity contribution in [1.82, 2.24) is 14.4 Å². The minimum atomic E-state index is -2.24. The van der Waals surface area contributed by atoms with Crippen LogP contribution in [0.4, 0.5) is 0 Å². The fraction of sp³-hybridized carbons (Fsp3) is 0.375. The Labute approximate surface area is 131 Å². The summed E-state index contributed by atoms with van der Waals surface area (Å²) in [5.41, 5.74) is 3.10. The Bertz CT molecular complexity index is 920. The second kappa shape index (κ2) is 4.29. The van der Waals surface area contributed by atoms with Gasteiger partial charge in [-0.3, -0.25) is 9.38 Å². The zero-order valence-corrected chi connectivity index (χ0v) is 13.5. The van der Waals surface area contributed by atoms with Crippen molar-refractivity contribution in [2.75, 3.05) is 0 Å². The Morgan fingerprint density at radius 1 is 1.25 bits per heavy atom. The summed E-state index contributed by atoms with van der Waals surface area (Å²) >= 11 is 3.41. The largest absolute Gasteiger partial charge is 0.300 e. The topological polar surface area (TPSA) is 30.2 Å². The smallest absolute Gasteiger partial charge is 0.148 e. The van der Waals surface area contributed by atoms with Gasteiger partial charge in [-0.1, -0.05) is 20.8 Å². The highest BCUT2D eigenvalue weighted by molar-refractivity contribution is 9.10. The van der Waals surface area contributed by atoms with E-state index in [0.717, 1.165) is 16.8 Å². The van der Waals surface area contributed by atoms with Gasteiger partial charge in [-0.2, -0.15) is 0 Å². The van der Waals surface area contributed by atoms with Crippen LogP contribution in [0.3, 0.4) is 0 Å². The standard InChI is InChI=1S/C16H18BrN3/c1-9-8-12-11(6-7-13(18-12)16(3,4)5)15-19-14(17)10(2)20(9)15/h6-8H,1-5H3/i1D3. The van der Waals surface area contributed by atoms with Crippen LogP contribution in [0.2, 0.25) is 0 Å². The zero-order valence-electron chi connectivity index (χ0n) is 15.0. The van der Waals surface area contributed by atoms with Crippen molar-refractivity contribution in [2.24, 2.45) is 0 Å². The van der Waals surface area contributed by atoms with E-state index in [1.54, 1.807) is 10.5 Å². The molecule has 0 aliphatic rings. The molecule has 0 saturated heterocycles. The molecule has 20 heavy (non-hydrogen) atoms. The second-order valence-corrected chi connectivity index (χ2v) is 6.81. The molecule has 0 N–H and O–H groups in total. The first-order chi connectivity index (χ1) is 10.5. The van der Waals surface area contributed by atoms with Crippen molar-refractivity contribution in [1.29, 1.82) is 0 Å². The molecule has 0 saturated carbocycles. The highest BCUT2D eigenvalue weighted by atomic mass is 79.9. The molecule has 0 aliphatic heterocycles. The van der Waals surface area contributed by atoms with E-state index in [4.69, 9.17) is 9.10 Å². The van der Waals surface area contributed by atoms with E-state index in [1.807, 2.05) is 19.1 Å². The van der Waals surface area contributed by atoms with E-state index in [9.17, 15) is 0 Å². The molecule has 3 rings (SSSR count). The Morgan fingerprint density at radius 2 is 2.00 bits per heavy atom. The molecular formula is C16H18BrN3. The van der Waals surface area contributed by atoms with Crippen LogP contribution in [0.5, 0.6) is 0 Å². The van der Waals surface area contributed by atoms with Crippen molar-refractivity contribution in [3.05, 3.63) is 39.9 Å². The monoisotopic (exact) mass is 334 g/mol. The lowest BCUT2D eigenvalue weighted by Crippen LogP contribution is -2.13. The third-order valence-electron chi connectivity index (χ3n) is 3.50. The molecule has 0 amide bonds. The first-order valence-electron chi connectivity index (χ1n) is 7.99. The Kier molecular flexibility index (Phi) is 2.21. The minimum Gasteiger partial charge on any atom is -0.300 e. The molecule has 3 nitrogen and oxygen atoms in total. The van der Waals surface area contributed by atoms with E-state index < -0.39 is 6.85 Å². The number of rotatable bonds is 0. The summed E-state index contributed by atoms with van der Waals surface area (Å²) in [6, 6.07) is 5.61. The van der Waals surface area contributed by atoms with Crippen molar-refractivity contribution in [2.45, 2.75) is 40.0 Å². The molecule has 0 atom stereocenters. The van der Waals surface area contributed by atoms with Gasteiger partial charge in [0.1, 0.15) is 10.3 Å². The quantitative estimate of drug-likeness (QED) is 0.603. The fourth-order valence-electron chi connectivity index (χ4n) is 2.34. The van der Waals surface area contributed by atoms with Crippen molar-refractivity contribution in [3.63, 3.8) is 0 Å². The van der Waals surface area contributed by atoms with Crippen LogP contribution < -0.4 is 0 Å². The third kappa shape index (κ3) is 1.94. The Balaban J connectivity index is 2.48. The van der Waals surface area contributed by atoms with Crippen LogP contribution in [-0.4, -0.2) is 14.4 Å². The molecule has 4 heteroatoms. The molecule has 3 heterocycles. The van der Waals surface area contributed by atoms with Gasteiger partial charge in [-0.15, -0.1) is 0 Å². The van der Waals surface area contributed by atoms with Crippen molar-refractivity contribution < 1.29 is 4.11 Å². The van der Waals surface area contributed by atoms with Gasteiger partial charge in [-0.05, 0) is 47.9 Å². The molecule has 0 bridgehead atoms. The molecule has 104 valence electrons. The van der Waals surface area contributed by atoms with E-state index in [-0.39, 0.29) is 11.1 Å². The minimum absolute atomic E-state index is 0.105. The maximum absolute atomic E-state index is 7.85. The van der Waals surface area contributed by atoms with Gasteiger partial charge < -0.3 is 0 Å². The van der Waals surface area contributed by atoms with Gasteiger partial charge in [0.25, 0.3) is 0 Å². The molecule has 0 spiro atoms. The van der Waals surface area contributed by atoms with E-state index in [1.165, 1.54) is 0 Å². The van der Waals surface area contributed by atoms with Gasteiger partial charge in [-0.25, -0.2) is 4.98 Å². The molecule has 0 fully saturated rings. The number of aromatic nitrogens is 3. The maximum Gasteiger partial charge on any atom is 0.148 e. The lowest BCUT2D eigenvalue weighted by atomic mass is 9.91. The average Bonchev–Trinajstić information content (AvgIpc) is 2.72. The van der Waals surface area contributed by atoms with Crippen molar-refractivity contribution >= 4 is 32.5 Å². The molecule has 0 unspecified atom stereocenters. The highest BCUT2D eigenvalue weighted by Gasteiger charge is 2.18. The number of hydrogen-bond acceptors (Lipinski definition) is 2. The number of halogens is 1.